The van der Waals surface area contributed by atoms with Crippen molar-refractivity contribution in [1.29, 1.82) is 0 Å². The Hall–Kier alpha value is -1.03. The van der Waals surface area contributed by atoms with Gasteiger partial charge in [0.2, 0.25) is 5.78 Å². The van der Waals surface area contributed by atoms with Crippen molar-refractivity contribution in [3.05, 3.63) is 11.6 Å². The quantitative estimate of drug-likeness (QED) is 0.504. The van der Waals surface area contributed by atoms with Gasteiger partial charge in [-0.1, -0.05) is 47.6 Å². The lowest BCUT2D eigenvalue weighted by Gasteiger charge is -2.46. The van der Waals surface area contributed by atoms with Crippen molar-refractivity contribution in [2.75, 3.05) is 13.2 Å². The van der Waals surface area contributed by atoms with E-state index in [4.69, 9.17) is 4.74 Å². The van der Waals surface area contributed by atoms with E-state index < -0.39 is 11.1 Å². The summed E-state index contributed by atoms with van der Waals surface area (Å²) in [6.45, 7) is 13.8. The average Bonchev–Trinajstić information content (AvgIpc) is 2.92. The lowest BCUT2D eigenvalue weighted by Crippen LogP contribution is -2.61. The van der Waals surface area contributed by atoms with E-state index in [1.807, 2.05) is 0 Å². The van der Waals surface area contributed by atoms with Crippen LogP contribution < -0.4 is 0 Å². The van der Waals surface area contributed by atoms with Crippen molar-refractivity contribution in [3.63, 3.8) is 0 Å². The number of fused-ring (bicyclic) bond motifs is 1. The smallest absolute Gasteiger partial charge is 0.201 e. The number of hydrogen-bond donors (Lipinski definition) is 0. The van der Waals surface area contributed by atoms with Gasteiger partial charge in [-0.15, -0.1) is 0 Å². The predicted octanol–water partition coefficient (Wildman–Crippen LogP) is 3.18. The maximum absolute atomic E-state index is 13.3. The van der Waals surface area contributed by atoms with Gasteiger partial charge in [-0.2, -0.15) is 10.2 Å². The molecule has 0 N–H and O–H groups in total. The monoisotopic (exact) mass is 276 g/mol. The van der Waals surface area contributed by atoms with Gasteiger partial charge in [0, 0.05) is 5.92 Å². The largest absolute Gasteiger partial charge is 0.356 e. The lowest BCUT2D eigenvalue weighted by molar-refractivity contribution is -0.134. The fourth-order valence-electron chi connectivity index (χ4n) is 3.86. The molecule has 20 heavy (non-hydrogen) atoms. The van der Waals surface area contributed by atoms with E-state index >= 15 is 0 Å². The van der Waals surface area contributed by atoms with Crippen molar-refractivity contribution in [2.24, 2.45) is 27.0 Å². The summed E-state index contributed by atoms with van der Waals surface area (Å²) in [6, 6.07) is 0. The van der Waals surface area contributed by atoms with Gasteiger partial charge >= 0.3 is 0 Å². The topological polar surface area (TPSA) is 54.3 Å². The number of azo groups is 1. The summed E-state index contributed by atoms with van der Waals surface area (Å²) in [7, 11) is 0. The predicted molar refractivity (Wildman–Crippen MR) is 76.6 cm³/mol. The Labute approximate surface area is 120 Å². The standard InChI is InChI=1S/C16H24N2O2/c1-13(2,3)11-7-10-8-17-18-16(10,14(4,5)6)12(19)15(11)9-20-15/h7,10H,8-9H2,1-6H3/t10-,15+,16-/m1/s1. The Bertz CT molecular complexity index is 530. The first-order valence-corrected chi connectivity index (χ1v) is 7.36. The van der Waals surface area contributed by atoms with E-state index in [0.29, 0.717) is 13.2 Å². The normalized spacial score (nSPS) is 40.0. The average molecular weight is 276 g/mol. The molecule has 0 bridgehead atoms. The zero-order valence-corrected chi connectivity index (χ0v) is 13.3. The van der Waals surface area contributed by atoms with Gasteiger partial charge in [-0.05, 0) is 16.4 Å². The van der Waals surface area contributed by atoms with E-state index in [2.05, 4.69) is 57.8 Å². The molecule has 3 aliphatic rings. The van der Waals surface area contributed by atoms with Crippen LogP contribution in [0.25, 0.3) is 0 Å². The number of ether oxygens (including phenoxy) is 1. The molecule has 2 aliphatic heterocycles. The fourth-order valence-corrected chi connectivity index (χ4v) is 3.86. The molecule has 1 aliphatic carbocycles. The van der Waals surface area contributed by atoms with Crippen LogP contribution in [-0.4, -0.2) is 30.1 Å². The van der Waals surface area contributed by atoms with Crippen molar-refractivity contribution < 1.29 is 9.53 Å². The Morgan fingerprint density at radius 3 is 2.30 bits per heavy atom. The van der Waals surface area contributed by atoms with E-state index in [-0.39, 0.29) is 22.5 Å². The summed E-state index contributed by atoms with van der Waals surface area (Å²) < 4.78 is 5.70. The summed E-state index contributed by atoms with van der Waals surface area (Å²) in [5, 5.41) is 8.68. The van der Waals surface area contributed by atoms with Gasteiger partial charge < -0.3 is 4.74 Å². The van der Waals surface area contributed by atoms with Crippen molar-refractivity contribution >= 4 is 5.78 Å². The Kier molecular flexibility index (Phi) is 2.50. The van der Waals surface area contributed by atoms with Crippen LogP contribution in [0.5, 0.6) is 0 Å². The van der Waals surface area contributed by atoms with Crippen LogP contribution in [0.1, 0.15) is 41.5 Å². The molecule has 0 amide bonds. The van der Waals surface area contributed by atoms with Crippen LogP contribution in [-0.2, 0) is 9.53 Å². The van der Waals surface area contributed by atoms with Crippen LogP contribution >= 0.6 is 0 Å². The van der Waals surface area contributed by atoms with Crippen LogP contribution in [0.3, 0.4) is 0 Å². The number of carbonyl (C=O) groups is 1. The SMILES string of the molecule is CC(C)(C)C1=C[C@@H]2CN=N[C@@]2(C(C)(C)C)C(=O)[C@]12CO2. The van der Waals surface area contributed by atoms with Crippen LogP contribution in [0.4, 0.5) is 0 Å². The Morgan fingerprint density at radius 2 is 1.85 bits per heavy atom. The van der Waals surface area contributed by atoms with Crippen molar-refractivity contribution in [1.82, 2.24) is 0 Å². The second-order valence-electron chi connectivity index (χ2n) is 8.32. The highest BCUT2D eigenvalue weighted by molar-refractivity contribution is 6.03. The third-order valence-corrected chi connectivity index (χ3v) is 4.94. The molecular formula is C16H24N2O2. The van der Waals surface area contributed by atoms with Crippen LogP contribution in [0.15, 0.2) is 21.9 Å². The summed E-state index contributed by atoms with van der Waals surface area (Å²) in [4.78, 5) is 13.3. The van der Waals surface area contributed by atoms with Gasteiger partial charge in [0.1, 0.15) is 0 Å². The van der Waals surface area contributed by atoms with Gasteiger partial charge in [0.25, 0.3) is 0 Å². The first-order valence-electron chi connectivity index (χ1n) is 7.36. The van der Waals surface area contributed by atoms with Crippen LogP contribution in [0, 0.1) is 16.7 Å². The highest BCUT2D eigenvalue weighted by Crippen LogP contribution is 2.58. The first kappa shape index (κ1) is 13.9. The maximum Gasteiger partial charge on any atom is 0.201 e. The molecule has 1 fully saturated rings. The van der Waals surface area contributed by atoms with Gasteiger partial charge in [0.15, 0.2) is 11.1 Å². The molecular weight excluding hydrogens is 252 g/mol. The molecule has 0 aromatic heterocycles. The minimum atomic E-state index is -0.752. The maximum atomic E-state index is 13.3. The number of Topliss-reactive ketones (excluding diaryl/α,β-unsaturated/α-hetero) is 1. The molecule has 0 saturated carbocycles. The van der Waals surface area contributed by atoms with Gasteiger partial charge in [-0.25, -0.2) is 0 Å². The molecule has 4 nitrogen and oxygen atoms in total. The molecule has 1 saturated heterocycles. The number of nitrogens with zero attached hydrogens (tertiary/aromatic N) is 2. The van der Waals surface area contributed by atoms with Crippen molar-refractivity contribution in [3.8, 4) is 0 Å². The fraction of sp³-hybridized carbons (Fsp3) is 0.812. The Morgan fingerprint density at radius 1 is 1.25 bits per heavy atom. The second kappa shape index (κ2) is 3.59. The summed E-state index contributed by atoms with van der Waals surface area (Å²) in [5.41, 5.74) is -0.692. The molecule has 1 spiro atoms. The Balaban J connectivity index is 2.20. The van der Waals surface area contributed by atoms with Crippen LogP contribution in [0.2, 0.25) is 0 Å². The minimum Gasteiger partial charge on any atom is -0.356 e. The van der Waals surface area contributed by atoms with Gasteiger partial charge in [0.05, 0.1) is 13.2 Å². The molecule has 0 unspecified atom stereocenters. The molecule has 0 radical (unpaired) electrons. The molecule has 3 atom stereocenters. The van der Waals surface area contributed by atoms with E-state index in [1.165, 1.54) is 0 Å². The zero-order chi connectivity index (χ0) is 15.0. The molecule has 3 rings (SSSR count). The number of ketones is 1. The highest BCUT2D eigenvalue weighted by atomic mass is 16.6. The summed E-state index contributed by atoms with van der Waals surface area (Å²) >= 11 is 0. The van der Waals surface area contributed by atoms with E-state index in [1.54, 1.807) is 0 Å². The molecule has 0 aromatic carbocycles. The minimum absolute atomic E-state index is 0.0686. The first-order chi connectivity index (χ1) is 9.06. The molecule has 4 heteroatoms. The third-order valence-electron chi connectivity index (χ3n) is 4.94. The third kappa shape index (κ3) is 1.49. The molecule has 2 heterocycles. The number of rotatable bonds is 0. The molecule has 110 valence electrons. The molecule has 0 aromatic rings. The summed E-state index contributed by atoms with van der Waals surface area (Å²) in [6.07, 6.45) is 2.24. The van der Waals surface area contributed by atoms with E-state index in [0.717, 1.165) is 5.57 Å². The van der Waals surface area contributed by atoms with E-state index in [9.17, 15) is 4.79 Å². The second-order valence-corrected chi connectivity index (χ2v) is 8.32. The van der Waals surface area contributed by atoms with Crippen molar-refractivity contribution in [2.45, 2.75) is 52.7 Å². The number of hydrogen-bond acceptors (Lipinski definition) is 4. The summed E-state index contributed by atoms with van der Waals surface area (Å²) in [5.74, 6) is 0.190. The number of epoxide rings is 1. The lowest BCUT2D eigenvalue weighted by atomic mass is 9.56. The number of carbonyl (C=O) groups excluding carboxylic acids is 1. The highest BCUT2D eigenvalue weighted by Gasteiger charge is 2.71. The zero-order valence-electron chi connectivity index (χ0n) is 13.3. The van der Waals surface area contributed by atoms with Gasteiger partial charge in [-0.3, -0.25) is 4.79 Å².